The number of urea groups is 2. The number of carbonyl (C=O) groups is 10. The smallest absolute Gasteiger partial charge is 0.315 e. The molecule has 26 heteroatoms. The average molecular weight is 1430 g/mol. The van der Waals surface area contributed by atoms with E-state index in [2.05, 4.69) is 76.8 Å². The summed E-state index contributed by atoms with van der Waals surface area (Å²) in [6.07, 6.45) is 18.7. The predicted molar refractivity (Wildman–Crippen MR) is 381 cm³/mol. The average Bonchev–Trinajstić information content (AvgIpc) is 1.53. The van der Waals surface area contributed by atoms with Gasteiger partial charge in [0.05, 0.1) is 44.2 Å². The summed E-state index contributed by atoms with van der Waals surface area (Å²) in [6, 6.07) is -6.86. The van der Waals surface area contributed by atoms with Crippen LogP contribution in [0.2, 0.25) is 0 Å². The molecule has 3 heterocycles. The van der Waals surface area contributed by atoms with Crippen molar-refractivity contribution in [2.75, 3.05) is 31.1 Å². The Morgan fingerprint density at radius 2 is 1.12 bits per heavy atom. The lowest BCUT2D eigenvalue weighted by molar-refractivity contribution is -0.145. The molecular weight excluding hydrogens is 1300 g/mol. The molecule has 8 N–H and O–H groups in total. The van der Waals surface area contributed by atoms with E-state index in [-0.39, 0.29) is 64.5 Å². The lowest BCUT2D eigenvalue weighted by Gasteiger charge is -2.41. The summed E-state index contributed by atoms with van der Waals surface area (Å²) in [7, 11) is -7.11. The highest BCUT2D eigenvalue weighted by molar-refractivity contribution is 7.93. The molecule has 8 fully saturated rings. The number of rotatable bonds is 21. The topological polar surface area (TPSA) is 342 Å². The lowest BCUT2D eigenvalue weighted by atomic mass is 9.83. The summed E-state index contributed by atoms with van der Waals surface area (Å²) < 4.78 is 51.3. The van der Waals surface area contributed by atoms with Crippen molar-refractivity contribution in [3.63, 3.8) is 0 Å². The Morgan fingerprint density at radius 1 is 0.626 bits per heavy atom. The second kappa shape index (κ2) is 31.9. The van der Waals surface area contributed by atoms with Crippen LogP contribution in [0, 0.1) is 39.9 Å². The largest absolute Gasteiger partial charge is 0.347 e. The number of amides is 10. The number of sulfone groups is 2. The van der Waals surface area contributed by atoms with Gasteiger partial charge in [0, 0.05) is 25.7 Å². The van der Waals surface area contributed by atoms with Gasteiger partial charge >= 0.3 is 12.1 Å². The third kappa shape index (κ3) is 19.8. The molecule has 0 aromatic rings. The highest BCUT2D eigenvalue weighted by Gasteiger charge is 2.71. The van der Waals surface area contributed by atoms with Gasteiger partial charge in [0.1, 0.15) is 24.2 Å². The van der Waals surface area contributed by atoms with E-state index in [0.717, 1.165) is 89.9 Å². The van der Waals surface area contributed by atoms with Gasteiger partial charge in [-0.1, -0.05) is 158 Å². The van der Waals surface area contributed by atoms with Crippen LogP contribution >= 0.6 is 0 Å². The zero-order valence-corrected chi connectivity index (χ0v) is 63.7. The molecule has 0 aromatic heterocycles. The van der Waals surface area contributed by atoms with Gasteiger partial charge in [0.25, 0.3) is 11.8 Å². The Labute approximate surface area is 590 Å². The first-order valence-electron chi connectivity index (χ1n) is 37.1. The Hall–Kier alpha value is -5.66. The summed E-state index contributed by atoms with van der Waals surface area (Å²) in [5, 5.41) is 22.8. The molecule has 0 radical (unpaired) electrons. The summed E-state index contributed by atoms with van der Waals surface area (Å²) >= 11 is 0. The molecule has 0 aromatic carbocycles. The molecule has 0 bridgehead atoms. The zero-order chi connectivity index (χ0) is 73.6. The minimum atomic E-state index is -3.56. The monoisotopic (exact) mass is 1430 g/mol. The first kappa shape index (κ1) is 80.6. The fourth-order valence-corrected chi connectivity index (χ4v) is 19.1. The molecule has 10 amide bonds. The summed E-state index contributed by atoms with van der Waals surface area (Å²) in [6.45, 7) is 30.1. The highest BCUT2D eigenvalue weighted by Crippen LogP contribution is 2.66. The van der Waals surface area contributed by atoms with Gasteiger partial charge in [-0.3, -0.25) is 38.4 Å². The van der Waals surface area contributed by atoms with E-state index in [4.69, 9.17) is 0 Å². The Balaban J connectivity index is 0.000000278. The van der Waals surface area contributed by atoms with Crippen molar-refractivity contribution in [1.82, 2.24) is 52.3 Å². The van der Waals surface area contributed by atoms with Gasteiger partial charge in [-0.15, -0.1) is 6.58 Å². The summed E-state index contributed by atoms with van der Waals surface area (Å²) in [4.78, 5) is 139. The van der Waals surface area contributed by atoms with E-state index in [9.17, 15) is 64.8 Å². The molecule has 0 spiro atoms. The van der Waals surface area contributed by atoms with Crippen LogP contribution < -0.4 is 42.5 Å². The van der Waals surface area contributed by atoms with E-state index in [1.807, 2.05) is 27.7 Å². The molecule has 560 valence electrons. The zero-order valence-electron chi connectivity index (χ0n) is 62.1. The van der Waals surface area contributed by atoms with Gasteiger partial charge < -0.3 is 52.3 Å². The summed E-state index contributed by atoms with van der Waals surface area (Å²) in [5.41, 5.74) is -3.02. The Bertz CT molecular complexity index is 3220. The standard InChI is InChI=1S/C37H61N5O7S.C36H61N5O7S/c1-7-22-38-32(45)30(43)26-18-14-11-9-8-10-12-15-19-27(33(46)42-23-25-28(36(25,5)6)29(42)31(44)39-26)40-34(47)41-37(20-16-13-17-21-37)24-50(48,49)35(2,3)4;1-10-11-15-24(27(42)30(44)37-22-16-17-22)38-29(43)26-25-23(35(25,8)9)20-41(26)31(45)28(33(2,3)4)39-32(46)40-36(18-13-12-14-19-36)21-49(47,48)34(5,6)7/h7,25-29H,1,8-24H2,2-6H3,(H,38,45)(H,39,44)(H2,40,41,47);22-26,28H,10-21H2,1-9H3,(H,37,44)(H,38,43)(H2,39,40,46)/t25-,26-,27?,28-,29-;23-,24-,25-,26-,28+/m00/s1. The normalized spacial score (nSPS) is 27.4. The summed E-state index contributed by atoms with van der Waals surface area (Å²) in [5.74, 6) is -5.04. The number of nitrogens with one attached hydrogen (secondary N) is 8. The molecule has 3 aliphatic heterocycles. The number of likely N-dealkylation sites (tertiary alicyclic amines) is 1. The molecular formula is C73H122N10O14S2. The van der Waals surface area contributed by atoms with Gasteiger partial charge in [-0.25, -0.2) is 26.4 Å². The number of unbranched alkanes of at least 4 members (excludes halogenated alkanes) is 1. The molecule has 3 saturated heterocycles. The fourth-order valence-electron chi connectivity index (χ4n) is 16.1. The van der Waals surface area contributed by atoms with E-state index in [1.165, 1.54) is 11.0 Å². The second-order valence-corrected chi connectivity index (χ2v) is 40.0. The molecule has 24 nitrogen and oxygen atoms in total. The maximum atomic E-state index is 14.5. The van der Waals surface area contributed by atoms with Crippen LogP contribution in [0.25, 0.3) is 0 Å². The van der Waals surface area contributed by atoms with Crippen LogP contribution in [0.3, 0.4) is 0 Å². The molecule has 10 atom stereocenters. The van der Waals surface area contributed by atoms with Crippen molar-refractivity contribution >= 4 is 78.7 Å². The number of piperidine rings is 2. The van der Waals surface area contributed by atoms with Crippen LogP contribution in [-0.2, 0) is 58.0 Å². The molecule has 8 rings (SSSR count). The molecule has 1 unspecified atom stereocenters. The number of Topliss-reactive ketones (excluding diaryl/α,β-unsaturated/α-hetero) is 2. The van der Waals surface area contributed by atoms with Crippen molar-refractivity contribution < 1.29 is 64.8 Å². The van der Waals surface area contributed by atoms with Crippen LogP contribution in [0.5, 0.6) is 0 Å². The Kier molecular flexibility index (Phi) is 26.0. The lowest BCUT2D eigenvalue weighted by Crippen LogP contribution is -2.64. The van der Waals surface area contributed by atoms with Crippen LogP contribution in [0.1, 0.15) is 251 Å². The maximum absolute atomic E-state index is 14.5. The van der Waals surface area contributed by atoms with Gasteiger partial charge in [0.2, 0.25) is 35.2 Å². The first-order chi connectivity index (χ1) is 46.0. The van der Waals surface area contributed by atoms with E-state index in [1.54, 1.807) is 46.4 Å². The van der Waals surface area contributed by atoms with Gasteiger partial charge in [-0.2, -0.15) is 0 Å². The van der Waals surface area contributed by atoms with Crippen LogP contribution in [-0.4, -0.2) is 180 Å². The van der Waals surface area contributed by atoms with E-state index in [0.29, 0.717) is 77.3 Å². The number of ketones is 2. The predicted octanol–water partition coefficient (Wildman–Crippen LogP) is 7.56. The third-order valence-electron chi connectivity index (χ3n) is 23.1. The molecule has 99 heavy (non-hydrogen) atoms. The number of fused-ring (bicyclic) bond motifs is 4. The first-order valence-corrected chi connectivity index (χ1v) is 40.4. The number of carbonyl (C=O) groups excluding carboxylic acids is 10. The van der Waals surface area contributed by atoms with Crippen molar-refractivity contribution in [2.24, 2.45) is 39.9 Å². The van der Waals surface area contributed by atoms with Gasteiger partial charge in [-0.05, 0) is 139 Å². The van der Waals surface area contributed by atoms with Crippen molar-refractivity contribution in [1.29, 1.82) is 0 Å². The van der Waals surface area contributed by atoms with E-state index < -0.39 is 135 Å². The minimum Gasteiger partial charge on any atom is -0.347 e. The highest BCUT2D eigenvalue weighted by atomic mass is 32.2. The number of hydrogen-bond acceptors (Lipinski definition) is 14. The van der Waals surface area contributed by atoms with Crippen LogP contribution in [0.4, 0.5) is 9.59 Å². The van der Waals surface area contributed by atoms with Crippen molar-refractivity contribution in [2.45, 2.75) is 314 Å². The quantitative estimate of drug-likeness (QED) is 0.0406. The minimum absolute atomic E-state index is 0.00450. The van der Waals surface area contributed by atoms with Gasteiger partial charge in [0.15, 0.2) is 19.7 Å². The second-order valence-electron chi connectivity index (χ2n) is 34.5. The third-order valence-corrected chi connectivity index (χ3v) is 28.7. The van der Waals surface area contributed by atoms with E-state index >= 15 is 0 Å². The molecule has 5 aliphatic carbocycles. The van der Waals surface area contributed by atoms with Crippen molar-refractivity contribution in [3.05, 3.63) is 12.7 Å². The van der Waals surface area contributed by atoms with Crippen molar-refractivity contribution in [3.8, 4) is 0 Å². The fraction of sp³-hybridized carbons (Fsp3) is 0.836. The maximum Gasteiger partial charge on any atom is 0.315 e. The number of nitrogens with zero attached hydrogens (tertiary/aromatic N) is 2. The number of hydrogen-bond donors (Lipinski definition) is 8. The SMILES string of the molecule is C=CCNC(=O)C(=O)[C@@H]1CCCCCCCCCC(NC(=O)NC2(CS(=O)(=O)C(C)(C)C)CCCCC2)C(=O)N2C[C@H]3[C@@H]([C@H]2C(=O)N1)C3(C)C.CCCC[C@H](NC(=O)[C@@H]1[C@@H]2[C@H](CN1C(=O)[C@@H](NC(=O)NC1(CS(=O)(=O)C(C)(C)C)CCCCC1)C(C)(C)C)C2(C)C)C(=O)C(=O)NC1CC1. The molecule has 5 saturated carbocycles. The molecule has 8 aliphatic rings. The van der Waals surface area contributed by atoms with Crippen LogP contribution in [0.15, 0.2) is 12.7 Å². The Morgan fingerprint density at radius 3 is 1.63 bits per heavy atom.